The Morgan fingerprint density at radius 1 is 0.474 bits per heavy atom. The fourth-order valence-electron chi connectivity index (χ4n) is 9.91. The molecule has 0 amide bonds. The second-order valence-electron chi connectivity index (χ2n) is 15.2. The van der Waals surface area contributed by atoms with Crippen molar-refractivity contribution in [3.63, 3.8) is 0 Å². The lowest BCUT2D eigenvalue weighted by molar-refractivity contribution is 0.519. The first-order valence-electron chi connectivity index (χ1n) is 19.8. The molecule has 12 rings (SSSR count). The minimum Gasteiger partial charge on any atom is -0.460 e. The van der Waals surface area contributed by atoms with E-state index in [4.69, 9.17) is 9.40 Å². The maximum absolute atomic E-state index is 7.14. The van der Waals surface area contributed by atoms with Crippen LogP contribution in [-0.4, -0.2) is 4.98 Å². The van der Waals surface area contributed by atoms with Crippen LogP contribution < -0.4 is 0 Å². The van der Waals surface area contributed by atoms with Crippen molar-refractivity contribution >= 4 is 71.0 Å². The van der Waals surface area contributed by atoms with Crippen molar-refractivity contribution in [2.45, 2.75) is 12.3 Å². The summed E-state index contributed by atoms with van der Waals surface area (Å²) >= 11 is 0. The van der Waals surface area contributed by atoms with Crippen molar-refractivity contribution in [3.05, 3.63) is 205 Å². The molecule has 0 aliphatic heterocycles. The van der Waals surface area contributed by atoms with Gasteiger partial charge in [0, 0.05) is 28.5 Å². The molecule has 1 unspecified atom stereocenters. The second kappa shape index (κ2) is 12.6. The summed E-state index contributed by atoms with van der Waals surface area (Å²) in [5.74, 6) is 1.06. The van der Waals surface area contributed by atoms with Gasteiger partial charge in [-0.05, 0) is 107 Å². The SMILES string of the molecule is C1=Cc2c(oc3cccc(-c4c5ccccc5c(-c5ccccc5)c5ccccc45)c23)C(c2c3ccccc3c(-c3ccc4cccnc4c3)c3ccccc23)C1. The van der Waals surface area contributed by atoms with Crippen molar-refractivity contribution in [2.24, 2.45) is 0 Å². The van der Waals surface area contributed by atoms with E-state index < -0.39 is 0 Å². The van der Waals surface area contributed by atoms with Crippen molar-refractivity contribution < 1.29 is 4.42 Å². The lowest BCUT2D eigenvalue weighted by Gasteiger charge is -2.24. The van der Waals surface area contributed by atoms with E-state index in [2.05, 4.69) is 182 Å². The van der Waals surface area contributed by atoms with Crippen LogP contribution in [-0.2, 0) is 0 Å². The molecule has 2 nitrogen and oxygen atoms in total. The normalized spacial score (nSPS) is 14.0. The average molecular weight is 726 g/mol. The Balaban J connectivity index is 1.12. The number of rotatable bonds is 4. The highest BCUT2D eigenvalue weighted by molar-refractivity contribution is 6.24. The molecule has 0 N–H and O–H groups in total. The summed E-state index contributed by atoms with van der Waals surface area (Å²) in [6, 6.07) is 63.9. The molecule has 1 aliphatic carbocycles. The highest BCUT2D eigenvalue weighted by Gasteiger charge is 2.31. The summed E-state index contributed by atoms with van der Waals surface area (Å²) in [5, 5.41) is 12.3. The molecule has 2 aromatic heterocycles. The number of benzene rings is 9. The Hall–Kier alpha value is -7.29. The summed E-state index contributed by atoms with van der Waals surface area (Å²) in [4.78, 5) is 4.72. The molecule has 1 aliphatic rings. The van der Waals surface area contributed by atoms with Gasteiger partial charge >= 0.3 is 0 Å². The van der Waals surface area contributed by atoms with E-state index in [1.165, 1.54) is 93.0 Å². The van der Waals surface area contributed by atoms with Gasteiger partial charge in [-0.25, -0.2) is 0 Å². The number of pyridine rings is 1. The molecule has 2 heteroatoms. The molecule has 0 bridgehead atoms. The number of hydrogen-bond acceptors (Lipinski definition) is 2. The van der Waals surface area contributed by atoms with Gasteiger partial charge < -0.3 is 4.42 Å². The third-order valence-corrected chi connectivity index (χ3v) is 12.2. The smallest absolute Gasteiger partial charge is 0.135 e. The summed E-state index contributed by atoms with van der Waals surface area (Å²) in [6.45, 7) is 0. The van der Waals surface area contributed by atoms with Crippen LogP contribution in [0, 0.1) is 0 Å². The number of hydrogen-bond donors (Lipinski definition) is 0. The van der Waals surface area contributed by atoms with Crippen LogP contribution in [0.15, 0.2) is 193 Å². The van der Waals surface area contributed by atoms with Crippen molar-refractivity contribution in [2.75, 3.05) is 0 Å². The van der Waals surface area contributed by atoms with Gasteiger partial charge in [-0.3, -0.25) is 4.98 Å². The van der Waals surface area contributed by atoms with Gasteiger partial charge in [0.2, 0.25) is 0 Å². The van der Waals surface area contributed by atoms with Crippen LogP contribution >= 0.6 is 0 Å². The first-order valence-corrected chi connectivity index (χ1v) is 19.8. The molecule has 57 heavy (non-hydrogen) atoms. The van der Waals surface area contributed by atoms with Crippen LogP contribution in [0.2, 0.25) is 0 Å². The summed E-state index contributed by atoms with van der Waals surface area (Å²) in [5.41, 5.74) is 11.8. The summed E-state index contributed by atoms with van der Waals surface area (Å²) in [7, 11) is 0. The van der Waals surface area contributed by atoms with Crippen LogP contribution in [0.5, 0.6) is 0 Å². The van der Waals surface area contributed by atoms with E-state index in [0.717, 1.165) is 28.7 Å². The molecular formula is C55H35NO. The van der Waals surface area contributed by atoms with Crippen molar-refractivity contribution in [1.29, 1.82) is 0 Å². The zero-order chi connectivity index (χ0) is 37.5. The third-order valence-electron chi connectivity index (χ3n) is 12.2. The molecule has 9 aromatic carbocycles. The van der Waals surface area contributed by atoms with E-state index in [0.29, 0.717) is 0 Å². The number of allylic oxidation sites excluding steroid dienone is 1. The third kappa shape index (κ3) is 4.81. The lowest BCUT2D eigenvalue weighted by atomic mass is 9.79. The molecule has 0 fully saturated rings. The molecule has 1 atom stereocenters. The highest BCUT2D eigenvalue weighted by Crippen LogP contribution is 2.51. The minimum absolute atomic E-state index is 0.0290. The van der Waals surface area contributed by atoms with Gasteiger partial charge in [-0.1, -0.05) is 170 Å². The van der Waals surface area contributed by atoms with E-state index >= 15 is 0 Å². The molecule has 0 saturated heterocycles. The van der Waals surface area contributed by atoms with E-state index in [-0.39, 0.29) is 5.92 Å². The van der Waals surface area contributed by atoms with Gasteiger partial charge in [0.15, 0.2) is 0 Å². The van der Waals surface area contributed by atoms with Gasteiger partial charge in [-0.2, -0.15) is 0 Å². The molecule has 0 spiro atoms. The number of fused-ring (bicyclic) bond motifs is 8. The first-order chi connectivity index (χ1) is 28.3. The first kappa shape index (κ1) is 32.0. The Morgan fingerprint density at radius 2 is 1.05 bits per heavy atom. The molecular weight excluding hydrogens is 691 g/mol. The zero-order valence-electron chi connectivity index (χ0n) is 31.1. The average Bonchev–Trinajstić information content (AvgIpc) is 3.67. The van der Waals surface area contributed by atoms with Crippen LogP contribution in [0.25, 0.3) is 104 Å². The second-order valence-corrected chi connectivity index (χ2v) is 15.2. The van der Waals surface area contributed by atoms with Gasteiger partial charge in [0.05, 0.1) is 5.52 Å². The molecule has 11 aromatic rings. The molecule has 0 saturated carbocycles. The Kier molecular flexibility index (Phi) is 7.09. The van der Waals surface area contributed by atoms with Crippen molar-refractivity contribution in [1.82, 2.24) is 4.98 Å². The van der Waals surface area contributed by atoms with Gasteiger partial charge in [-0.15, -0.1) is 0 Å². The summed E-state index contributed by atoms with van der Waals surface area (Å²) in [6.07, 6.45) is 7.40. The van der Waals surface area contributed by atoms with E-state index in [9.17, 15) is 0 Å². The number of furan rings is 1. The topological polar surface area (TPSA) is 26.0 Å². The molecule has 0 radical (unpaired) electrons. The largest absolute Gasteiger partial charge is 0.460 e. The number of nitrogens with zero attached hydrogens (tertiary/aromatic N) is 1. The monoisotopic (exact) mass is 725 g/mol. The Bertz CT molecular complexity index is 3330. The number of aromatic nitrogens is 1. The maximum atomic E-state index is 7.14. The van der Waals surface area contributed by atoms with Gasteiger partial charge in [0.1, 0.15) is 11.3 Å². The lowest BCUT2D eigenvalue weighted by Crippen LogP contribution is -2.06. The quantitative estimate of drug-likeness (QED) is 0.169. The van der Waals surface area contributed by atoms with Crippen molar-refractivity contribution in [3.8, 4) is 33.4 Å². The Morgan fingerprint density at radius 3 is 1.72 bits per heavy atom. The fraction of sp³-hybridized carbons (Fsp3) is 0.0364. The molecule has 266 valence electrons. The van der Waals surface area contributed by atoms with Crippen LogP contribution in [0.3, 0.4) is 0 Å². The highest BCUT2D eigenvalue weighted by atomic mass is 16.3. The van der Waals surface area contributed by atoms with Crippen LogP contribution in [0.4, 0.5) is 0 Å². The summed E-state index contributed by atoms with van der Waals surface area (Å²) < 4.78 is 7.14. The fourth-order valence-corrected chi connectivity index (χ4v) is 9.91. The van der Waals surface area contributed by atoms with E-state index in [1.54, 1.807) is 0 Å². The standard InChI is InChI=1S/C55H35NO/c1-2-15-35(16-3-1)50-37-18-4-8-22-41(37)52(42-23-9-5-19-38(42)50)45-26-13-29-49-54(45)47-28-12-27-46(55(47)57-49)53-43-24-10-6-20-39(43)51(40-21-7-11-25-44(40)53)36-31-30-34-17-14-32-56-48(34)33-36/h1-26,28-33,46H,27H2. The van der Waals surface area contributed by atoms with E-state index in [1.807, 2.05) is 12.3 Å². The van der Waals surface area contributed by atoms with Crippen LogP contribution in [0.1, 0.15) is 29.2 Å². The predicted molar refractivity (Wildman–Crippen MR) is 240 cm³/mol. The zero-order valence-corrected chi connectivity index (χ0v) is 31.1. The predicted octanol–water partition coefficient (Wildman–Crippen LogP) is 15.1. The Labute approximate surface area is 330 Å². The minimum atomic E-state index is 0.0290. The maximum Gasteiger partial charge on any atom is 0.135 e. The molecule has 2 heterocycles. The van der Waals surface area contributed by atoms with Gasteiger partial charge in [0.25, 0.3) is 0 Å².